The molecule has 0 saturated heterocycles. The van der Waals surface area contributed by atoms with Gasteiger partial charge in [-0.25, -0.2) is 9.59 Å². The molecule has 1 fully saturated rings. The van der Waals surface area contributed by atoms with Gasteiger partial charge in [0.1, 0.15) is 0 Å². The summed E-state index contributed by atoms with van der Waals surface area (Å²) in [6.45, 7) is 0.373. The Balaban J connectivity index is 1.48. The van der Waals surface area contributed by atoms with Crippen LogP contribution in [0.3, 0.4) is 0 Å². The first-order valence-electron chi connectivity index (χ1n) is 9.53. The Labute approximate surface area is 178 Å². The third kappa shape index (κ3) is 9.71. The maximum Gasteiger partial charge on any atom is 0.325 e. The van der Waals surface area contributed by atoms with Crippen molar-refractivity contribution in [3.8, 4) is 0 Å². The first kappa shape index (κ1) is 23.1. The molecule has 0 aromatic heterocycles. The van der Waals surface area contributed by atoms with Crippen LogP contribution < -0.4 is 21.3 Å². The van der Waals surface area contributed by atoms with Crippen molar-refractivity contribution in [2.45, 2.75) is 32.1 Å². The molecule has 0 heterocycles. The number of hydrogen-bond acceptors (Lipinski definition) is 6. The van der Waals surface area contributed by atoms with E-state index in [2.05, 4.69) is 21.3 Å². The molecule has 1 aliphatic rings. The number of anilines is 1. The highest BCUT2D eigenvalue weighted by molar-refractivity contribution is 8.76. The molecule has 0 spiro atoms. The van der Waals surface area contributed by atoms with Crippen LogP contribution in [0.4, 0.5) is 15.3 Å². The minimum absolute atomic E-state index is 0.0583. The number of benzene rings is 1. The van der Waals surface area contributed by atoms with Crippen LogP contribution in [-0.2, 0) is 9.59 Å². The van der Waals surface area contributed by atoms with Gasteiger partial charge in [0.15, 0.2) is 0 Å². The highest BCUT2D eigenvalue weighted by Gasteiger charge is 2.22. The van der Waals surface area contributed by atoms with Crippen molar-refractivity contribution in [3.63, 3.8) is 0 Å². The molecule has 1 aliphatic carbocycles. The van der Waals surface area contributed by atoms with Gasteiger partial charge < -0.3 is 10.6 Å². The van der Waals surface area contributed by atoms with Crippen LogP contribution in [0, 0.1) is 5.92 Å². The normalized spacial score (nSPS) is 13.9. The van der Waals surface area contributed by atoms with Gasteiger partial charge in [-0.1, -0.05) is 59.0 Å². The van der Waals surface area contributed by atoms with E-state index in [4.69, 9.17) is 0 Å². The molecule has 0 unspecified atom stereocenters. The molecule has 1 saturated carbocycles. The van der Waals surface area contributed by atoms with Crippen molar-refractivity contribution < 1.29 is 19.2 Å². The summed E-state index contributed by atoms with van der Waals surface area (Å²) in [4.78, 5) is 47.1. The number of nitrogens with one attached hydrogen (secondary N) is 4. The van der Waals surface area contributed by atoms with Crippen molar-refractivity contribution in [1.29, 1.82) is 0 Å². The van der Waals surface area contributed by atoms with Crippen LogP contribution in [0.15, 0.2) is 30.3 Å². The fourth-order valence-electron chi connectivity index (χ4n) is 2.83. The van der Waals surface area contributed by atoms with Gasteiger partial charge in [0.2, 0.25) is 11.8 Å². The average Bonchev–Trinajstić information content (AvgIpc) is 2.71. The summed E-state index contributed by atoms with van der Waals surface area (Å²) in [5, 5.41) is 9.83. The van der Waals surface area contributed by atoms with Crippen molar-refractivity contribution in [3.05, 3.63) is 30.3 Å². The summed E-state index contributed by atoms with van der Waals surface area (Å²) < 4.78 is 0. The highest BCUT2D eigenvalue weighted by atomic mass is 33.1. The van der Waals surface area contributed by atoms with Gasteiger partial charge in [-0.2, -0.15) is 0 Å². The molecule has 1 aromatic rings. The zero-order valence-corrected chi connectivity index (χ0v) is 17.7. The fraction of sp³-hybridized carbons (Fsp3) is 0.474. The Hall–Kier alpha value is -2.20. The van der Waals surface area contributed by atoms with Gasteiger partial charge in [0.05, 0.1) is 5.75 Å². The third-order valence-corrected chi connectivity index (χ3v) is 6.51. The molecule has 8 nitrogen and oxygen atoms in total. The van der Waals surface area contributed by atoms with Gasteiger partial charge in [-0.15, -0.1) is 0 Å². The predicted octanol–water partition coefficient (Wildman–Crippen LogP) is 3.12. The lowest BCUT2D eigenvalue weighted by molar-refractivity contribution is -0.124. The molecule has 0 aliphatic heterocycles. The van der Waals surface area contributed by atoms with Crippen LogP contribution in [0.1, 0.15) is 32.1 Å². The van der Waals surface area contributed by atoms with Crippen LogP contribution in [0.25, 0.3) is 0 Å². The summed E-state index contributed by atoms with van der Waals surface area (Å²) in [5.41, 5.74) is 0.603. The van der Waals surface area contributed by atoms with Crippen molar-refractivity contribution in [2.75, 3.05) is 23.4 Å². The number of hydrogen-bond donors (Lipinski definition) is 4. The molecular weight excluding hydrogens is 412 g/mol. The lowest BCUT2D eigenvalue weighted by Crippen LogP contribution is -2.43. The summed E-state index contributed by atoms with van der Waals surface area (Å²) in [5.74, 6) is 0.0183. The molecule has 0 atom stereocenters. The van der Waals surface area contributed by atoms with Gasteiger partial charge in [-0.3, -0.25) is 20.2 Å². The number of rotatable bonds is 8. The van der Waals surface area contributed by atoms with Gasteiger partial charge in [0, 0.05) is 23.9 Å². The second-order valence-corrected chi connectivity index (χ2v) is 9.12. The van der Waals surface area contributed by atoms with E-state index in [1.807, 2.05) is 6.07 Å². The molecule has 2 rings (SSSR count). The standard InChI is InChI=1S/C19H26N4O4S2/c24-16(22-19(27)21-15-9-5-2-6-10-15)13-29-28-12-11-20-18(26)23-17(25)14-7-3-1-4-8-14/h2,5-6,9-10,14H,1,3-4,7-8,11-13H2,(H2,20,23,25,26)(H2,21,22,24,27). The minimum atomic E-state index is -0.576. The smallest absolute Gasteiger partial charge is 0.325 e. The largest absolute Gasteiger partial charge is 0.337 e. The molecular formula is C19H26N4O4S2. The van der Waals surface area contributed by atoms with E-state index >= 15 is 0 Å². The molecule has 158 valence electrons. The zero-order valence-electron chi connectivity index (χ0n) is 16.1. The number of amides is 6. The SMILES string of the molecule is O=C(CSSCCNC(=O)NC(=O)C1CCCCC1)NC(=O)Nc1ccccc1. The molecule has 29 heavy (non-hydrogen) atoms. The maximum absolute atomic E-state index is 12.0. The van der Waals surface area contributed by atoms with E-state index in [1.165, 1.54) is 21.6 Å². The van der Waals surface area contributed by atoms with E-state index in [-0.39, 0.29) is 17.6 Å². The zero-order chi connectivity index (χ0) is 20.9. The van der Waals surface area contributed by atoms with E-state index in [1.54, 1.807) is 24.3 Å². The first-order chi connectivity index (χ1) is 14.0. The van der Waals surface area contributed by atoms with Gasteiger partial charge in [-0.05, 0) is 25.0 Å². The van der Waals surface area contributed by atoms with Crippen LogP contribution in [0.2, 0.25) is 0 Å². The van der Waals surface area contributed by atoms with Crippen molar-refractivity contribution in [1.82, 2.24) is 16.0 Å². The topological polar surface area (TPSA) is 116 Å². The van der Waals surface area contributed by atoms with Crippen LogP contribution >= 0.6 is 21.6 Å². The number of imide groups is 2. The Morgan fingerprint density at radius 1 is 0.897 bits per heavy atom. The van der Waals surface area contributed by atoms with Gasteiger partial charge in [0.25, 0.3) is 0 Å². The Kier molecular flexibility index (Phi) is 10.4. The molecule has 0 radical (unpaired) electrons. The van der Waals surface area contributed by atoms with Crippen LogP contribution in [0.5, 0.6) is 0 Å². The second-order valence-electron chi connectivity index (χ2n) is 6.53. The van der Waals surface area contributed by atoms with Crippen molar-refractivity contribution >= 4 is 51.2 Å². The Morgan fingerprint density at radius 2 is 1.62 bits per heavy atom. The second kappa shape index (κ2) is 13.1. The third-order valence-electron chi connectivity index (χ3n) is 4.24. The number of para-hydroxylation sites is 1. The molecule has 6 amide bonds. The van der Waals surface area contributed by atoms with Gasteiger partial charge >= 0.3 is 12.1 Å². The summed E-state index contributed by atoms with van der Waals surface area (Å²) in [7, 11) is 2.68. The van der Waals surface area contributed by atoms with E-state index in [0.717, 1.165) is 32.1 Å². The molecule has 4 N–H and O–H groups in total. The first-order valence-corrected chi connectivity index (χ1v) is 12.0. The Bertz CT molecular complexity index is 697. The lowest BCUT2D eigenvalue weighted by Gasteiger charge is -2.20. The molecule has 10 heteroatoms. The quantitative estimate of drug-likeness (QED) is 0.366. The summed E-state index contributed by atoms with van der Waals surface area (Å²) in [6, 6.07) is 7.78. The Morgan fingerprint density at radius 3 is 2.34 bits per heavy atom. The highest BCUT2D eigenvalue weighted by Crippen LogP contribution is 2.23. The van der Waals surface area contributed by atoms with Crippen LogP contribution in [-0.4, -0.2) is 41.9 Å². The summed E-state index contributed by atoms with van der Waals surface area (Å²) in [6.07, 6.45) is 4.92. The summed E-state index contributed by atoms with van der Waals surface area (Å²) >= 11 is 0. The molecule has 1 aromatic carbocycles. The number of urea groups is 2. The predicted molar refractivity (Wildman–Crippen MR) is 117 cm³/mol. The lowest BCUT2D eigenvalue weighted by atomic mass is 9.89. The maximum atomic E-state index is 12.0. The number of carbonyl (C=O) groups excluding carboxylic acids is 4. The molecule has 0 bridgehead atoms. The number of carbonyl (C=O) groups is 4. The van der Waals surface area contributed by atoms with E-state index < -0.39 is 18.0 Å². The van der Waals surface area contributed by atoms with E-state index in [9.17, 15) is 19.2 Å². The average molecular weight is 439 g/mol. The minimum Gasteiger partial charge on any atom is -0.337 e. The van der Waals surface area contributed by atoms with Crippen molar-refractivity contribution in [2.24, 2.45) is 5.92 Å². The fourth-order valence-corrected chi connectivity index (χ4v) is 4.57. The monoisotopic (exact) mass is 438 g/mol. The van der Waals surface area contributed by atoms with E-state index in [0.29, 0.717) is 18.0 Å².